The summed E-state index contributed by atoms with van der Waals surface area (Å²) in [6.45, 7) is 1.72. The molecule has 0 aliphatic carbocycles. The van der Waals surface area contributed by atoms with Gasteiger partial charge in [0.2, 0.25) is 0 Å². The molecular formula is C15H15F2N7. The molecule has 0 radical (unpaired) electrons. The number of hydrogen-bond acceptors (Lipinski definition) is 5. The number of hydrogen-bond donors (Lipinski definition) is 1. The second kappa shape index (κ2) is 5.84. The number of nitrogens with two attached hydrogens (primary N) is 1. The first kappa shape index (κ1) is 15.8. The molecule has 0 bridgehead atoms. The topological polar surface area (TPSA) is 85.2 Å². The molecule has 2 aromatic heterocycles. The highest BCUT2D eigenvalue weighted by molar-refractivity contribution is 5.88. The number of benzene rings is 1. The first-order valence-corrected chi connectivity index (χ1v) is 7.05. The van der Waals surface area contributed by atoms with Crippen LogP contribution in [-0.2, 0) is 0 Å². The van der Waals surface area contributed by atoms with Crippen LogP contribution in [0.15, 0.2) is 23.5 Å². The number of aliphatic imine (C=N–C) groups is 1. The zero-order chi connectivity index (χ0) is 17.4. The lowest BCUT2D eigenvalue weighted by Gasteiger charge is -2.08. The van der Waals surface area contributed by atoms with Crippen molar-refractivity contribution in [2.75, 3.05) is 19.8 Å². The molecule has 9 heteroatoms. The van der Waals surface area contributed by atoms with Gasteiger partial charge in [-0.2, -0.15) is 5.10 Å². The fraction of sp³-hybridized carbons (Fsp3) is 0.200. The Balaban J connectivity index is 2.32. The number of rotatable bonds is 3. The van der Waals surface area contributed by atoms with E-state index in [4.69, 9.17) is 5.73 Å². The Kier molecular flexibility index (Phi) is 3.84. The molecule has 2 N–H and O–H groups in total. The van der Waals surface area contributed by atoms with Gasteiger partial charge in [-0.25, -0.2) is 28.4 Å². The third-order valence-corrected chi connectivity index (χ3v) is 3.34. The van der Waals surface area contributed by atoms with Gasteiger partial charge in [-0.3, -0.25) is 0 Å². The molecule has 0 aliphatic rings. The van der Waals surface area contributed by atoms with E-state index in [0.29, 0.717) is 22.5 Å². The number of anilines is 1. The summed E-state index contributed by atoms with van der Waals surface area (Å²) < 4.78 is 29.4. The first-order chi connectivity index (χ1) is 11.4. The summed E-state index contributed by atoms with van der Waals surface area (Å²) in [6, 6.07) is 2.63. The summed E-state index contributed by atoms with van der Waals surface area (Å²) in [6.07, 6.45) is 2.90. The minimum atomic E-state index is -1.12. The molecule has 0 atom stereocenters. The van der Waals surface area contributed by atoms with Crippen LogP contribution in [0.25, 0.3) is 16.7 Å². The third-order valence-electron chi connectivity index (χ3n) is 3.34. The maximum Gasteiger partial charge on any atom is 0.186 e. The number of halogens is 2. The van der Waals surface area contributed by atoms with Gasteiger partial charge in [-0.05, 0) is 19.1 Å². The largest absolute Gasteiger partial charge is 0.396 e. The minimum absolute atomic E-state index is 0.0871. The molecule has 0 saturated carbocycles. The smallest absolute Gasteiger partial charge is 0.186 e. The highest BCUT2D eigenvalue weighted by atomic mass is 19.2. The van der Waals surface area contributed by atoms with Gasteiger partial charge in [-0.15, -0.1) is 0 Å². The van der Waals surface area contributed by atoms with Crippen molar-refractivity contribution in [1.29, 1.82) is 0 Å². The zero-order valence-corrected chi connectivity index (χ0v) is 13.3. The molecule has 3 aromatic rings. The number of fused-ring (bicyclic) bond motifs is 1. The Labute approximate surface area is 136 Å². The summed E-state index contributed by atoms with van der Waals surface area (Å²) in [7, 11) is 3.61. The zero-order valence-electron chi connectivity index (χ0n) is 13.3. The van der Waals surface area contributed by atoms with Gasteiger partial charge < -0.3 is 10.6 Å². The minimum Gasteiger partial charge on any atom is -0.396 e. The molecule has 3 rings (SSSR count). The van der Waals surface area contributed by atoms with E-state index in [1.807, 2.05) is 0 Å². The number of aryl methyl sites for hydroxylation is 1. The van der Waals surface area contributed by atoms with E-state index in [0.717, 1.165) is 0 Å². The lowest BCUT2D eigenvalue weighted by Crippen LogP contribution is -2.08. The summed E-state index contributed by atoms with van der Waals surface area (Å²) in [5.74, 6) is -1.92. The van der Waals surface area contributed by atoms with E-state index in [-0.39, 0.29) is 11.4 Å². The molecule has 0 amide bonds. The van der Waals surface area contributed by atoms with Crippen molar-refractivity contribution < 1.29 is 8.78 Å². The van der Waals surface area contributed by atoms with Gasteiger partial charge in [0.15, 0.2) is 17.5 Å². The molecule has 124 valence electrons. The van der Waals surface area contributed by atoms with Crippen LogP contribution in [0, 0.1) is 18.6 Å². The van der Waals surface area contributed by atoms with Crippen molar-refractivity contribution in [3.8, 4) is 5.69 Å². The van der Waals surface area contributed by atoms with E-state index >= 15 is 0 Å². The number of aromatic nitrogens is 4. The summed E-state index contributed by atoms with van der Waals surface area (Å²) in [5.41, 5.74) is 6.48. The van der Waals surface area contributed by atoms with E-state index < -0.39 is 11.6 Å². The van der Waals surface area contributed by atoms with Gasteiger partial charge in [0.25, 0.3) is 0 Å². The molecule has 0 fully saturated rings. The molecule has 0 aliphatic heterocycles. The summed E-state index contributed by atoms with van der Waals surface area (Å²) >= 11 is 0. The van der Waals surface area contributed by atoms with Crippen molar-refractivity contribution in [1.82, 2.24) is 24.6 Å². The molecule has 24 heavy (non-hydrogen) atoms. The van der Waals surface area contributed by atoms with Gasteiger partial charge in [-0.1, -0.05) is 0 Å². The molecule has 0 unspecified atom stereocenters. The van der Waals surface area contributed by atoms with Crippen molar-refractivity contribution >= 4 is 28.9 Å². The molecular weight excluding hydrogens is 316 g/mol. The van der Waals surface area contributed by atoms with Crippen LogP contribution in [-0.4, -0.2) is 45.1 Å². The molecule has 0 spiro atoms. The average Bonchev–Trinajstić information content (AvgIpc) is 2.88. The van der Waals surface area contributed by atoms with E-state index in [2.05, 4.69) is 20.1 Å². The monoisotopic (exact) mass is 331 g/mol. The number of nitrogen functional groups attached to an aromatic ring is 1. The van der Waals surface area contributed by atoms with Crippen LogP contribution in [0.5, 0.6) is 0 Å². The Hall–Kier alpha value is -3.10. The van der Waals surface area contributed by atoms with Crippen LogP contribution in [0.2, 0.25) is 0 Å². The second-order valence-electron chi connectivity index (χ2n) is 5.40. The second-order valence-corrected chi connectivity index (χ2v) is 5.40. The lowest BCUT2D eigenvalue weighted by atomic mass is 10.2. The van der Waals surface area contributed by atoms with Crippen molar-refractivity contribution in [3.63, 3.8) is 0 Å². The fourth-order valence-electron chi connectivity index (χ4n) is 2.23. The number of nitrogens with zero attached hydrogens (tertiary/aromatic N) is 6. The Morgan fingerprint density at radius 1 is 1.21 bits per heavy atom. The van der Waals surface area contributed by atoms with E-state index in [1.165, 1.54) is 23.1 Å². The molecule has 1 aromatic carbocycles. The predicted octanol–water partition coefficient (Wildman–Crippen LogP) is 2.21. The van der Waals surface area contributed by atoms with Gasteiger partial charge >= 0.3 is 0 Å². The summed E-state index contributed by atoms with van der Waals surface area (Å²) in [5, 5.41) is 4.26. The van der Waals surface area contributed by atoms with Crippen molar-refractivity contribution in [2.24, 2.45) is 4.99 Å². The lowest BCUT2D eigenvalue weighted by molar-refractivity contribution is 0.505. The van der Waals surface area contributed by atoms with Crippen molar-refractivity contribution in [2.45, 2.75) is 6.92 Å². The van der Waals surface area contributed by atoms with E-state index in [9.17, 15) is 8.78 Å². The first-order valence-electron chi connectivity index (χ1n) is 7.05. The van der Waals surface area contributed by atoms with Crippen LogP contribution < -0.4 is 5.73 Å². The van der Waals surface area contributed by atoms with Crippen LogP contribution in [0.3, 0.4) is 0 Å². The standard InChI is InChI=1S/C15H15F2N7/c1-8-13-14(15(20-6-19-13)21-7-23(2)3)24(22-8)10-5-4-9(18)11(16)12(10)17/h4-7H,18H2,1-3H3. The van der Waals surface area contributed by atoms with Crippen LogP contribution >= 0.6 is 0 Å². The fourth-order valence-corrected chi connectivity index (χ4v) is 2.23. The highest BCUT2D eigenvalue weighted by Crippen LogP contribution is 2.29. The van der Waals surface area contributed by atoms with Crippen LogP contribution in [0.4, 0.5) is 20.3 Å². The Bertz CT molecular complexity index is 947. The Morgan fingerprint density at radius 2 is 1.96 bits per heavy atom. The maximum absolute atomic E-state index is 14.3. The van der Waals surface area contributed by atoms with Gasteiger partial charge in [0.05, 0.1) is 17.7 Å². The third kappa shape index (κ3) is 2.53. The van der Waals surface area contributed by atoms with Crippen LogP contribution in [0.1, 0.15) is 5.69 Å². The average molecular weight is 331 g/mol. The highest BCUT2D eigenvalue weighted by Gasteiger charge is 2.20. The maximum atomic E-state index is 14.3. The normalized spacial score (nSPS) is 11.5. The van der Waals surface area contributed by atoms with E-state index in [1.54, 1.807) is 32.3 Å². The Morgan fingerprint density at radius 3 is 2.67 bits per heavy atom. The van der Waals surface area contributed by atoms with Gasteiger partial charge in [0, 0.05) is 14.1 Å². The molecule has 7 nitrogen and oxygen atoms in total. The quantitative estimate of drug-likeness (QED) is 0.452. The van der Waals surface area contributed by atoms with Gasteiger partial charge in [0.1, 0.15) is 23.0 Å². The van der Waals surface area contributed by atoms with Crippen molar-refractivity contribution in [3.05, 3.63) is 35.8 Å². The summed E-state index contributed by atoms with van der Waals surface area (Å²) in [4.78, 5) is 14.3. The molecule has 2 heterocycles. The predicted molar refractivity (Wildman–Crippen MR) is 87.6 cm³/mol. The SMILES string of the molecule is Cc1nn(-c2ccc(N)c(F)c2F)c2c(N=CN(C)C)ncnc12. The molecule has 0 saturated heterocycles.